The molecule has 0 aromatic heterocycles. The van der Waals surface area contributed by atoms with E-state index in [0.29, 0.717) is 13.2 Å². The Kier molecular flexibility index (Phi) is 6.34. The van der Waals surface area contributed by atoms with Gasteiger partial charge >= 0.3 is 0 Å². The molecule has 1 aromatic carbocycles. The van der Waals surface area contributed by atoms with E-state index in [-0.39, 0.29) is 18.2 Å². The molecule has 108 valence electrons. The van der Waals surface area contributed by atoms with Crippen LogP contribution in [0.3, 0.4) is 0 Å². The first-order chi connectivity index (χ1) is 9.01. The highest BCUT2D eigenvalue weighted by molar-refractivity contribution is 5.21. The maximum absolute atomic E-state index is 13.6. The van der Waals surface area contributed by atoms with Crippen LogP contribution in [0.25, 0.3) is 0 Å². The highest BCUT2D eigenvalue weighted by Crippen LogP contribution is 2.20. The normalized spacial score (nSPS) is 14.7. The van der Waals surface area contributed by atoms with Gasteiger partial charge in [0.1, 0.15) is 0 Å². The molecule has 1 N–H and O–H groups in total. The lowest BCUT2D eigenvalue weighted by Gasteiger charge is -2.29. The average molecular weight is 273 g/mol. The Hall–Kier alpha value is -1.04. The molecule has 0 saturated heterocycles. The quantitative estimate of drug-likeness (QED) is 0.828. The van der Waals surface area contributed by atoms with E-state index in [1.165, 1.54) is 12.1 Å². The molecule has 0 saturated carbocycles. The number of hydrogen-bond acceptors (Lipinski definition) is 3. The van der Waals surface area contributed by atoms with Crippen molar-refractivity contribution < 1.29 is 18.6 Å². The number of benzene rings is 1. The Balaban J connectivity index is 2.77. The topological polar surface area (TPSA) is 32.7 Å². The number of methoxy groups -OCH3 is 1. The van der Waals surface area contributed by atoms with Crippen molar-refractivity contribution in [2.24, 2.45) is 0 Å². The summed E-state index contributed by atoms with van der Waals surface area (Å²) in [6, 6.07) is 3.93. The number of rotatable bonds is 7. The van der Waals surface area contributed by atoms with E-state index in [0.717, 1.165) is 6.07 Å². The second-order valence-electron chi connectivity index (χ2n) is 4.55. The summed E-state index contributed by atoms with van der Waals surface area (Å²) in [5.74, 6) is -1.92. The maximum Gasteiger partial charge on any atom is 0.164 e. The standard InChI is InChI=1S/C14H21F2NO2/c1-4-17(10(2)9-19-3)8-13(18)11-6-5-7-12(15)14(11)16/h5-7,10,13,18H,4,8-9H2,1-3H3. The van der Waals surface area contributed by atoms with Crippen LogP contribution in [0.2, 0.25) is 0 Å². The molecule has 0 amide bonds. The zero-order valence-electron chi connectivity index (χ0n) is 11.6. The molecule has 0 radical (unpaired) electrons. The van der Waals surface area contributed by atoms with Gasteiger partial charge in [-0.3, -0.25) is 4.90 Å². The first-order valence-corrected chi connectivity index (χ1v) is 6.36. The molecule has 2 atom stereocenters. The van der Waals surface area contributed by atoms with Gasteiger partial charge in [-0.2, -0.15) is 0 Å². The lowest BCUT2D eigenvalue weighted by molar-refractivity contribution is 0.0566. The summed E-state index contributed by atoms with van der Waals surface area (Å²) < 4.78 is 31.8. The van der Waals surface area contributed by atoms with Gasteiger partial charge in [0.15, 0.2) is 11.6 Å². The van der Waals surface area contributed by atoms with Crippen LogP contribution in [0.5, 0.6) is 0 Å². The molecular weight excluding hydrogens is 252 g/mol. The molecule has 1 aromatic rings. The molecule has 5 heteroatoms. The lowest BCUT2D eigenvalue weighted by Crippen LogP contribution is -2.39. The van der Waals surface area contributed by atoms with Gasteiger partial charge in [-0.05, 0) is 19.5 Å². The molecular formula is C14H21F2NO2. The van der Waals surface area contributed by atoms with Crippen LogP contribution in [-0.4, -0.2) is 42.9 Å². The molecule has 0 spiro atoms. The number of hydrogen-bond donors (Lipinski definition) is 1. The van der Waals surface area contributed by atoms with Crippen molar-refractivity contribution in [3.63, 3.8) is 0 Å². The first kappa shape index (κ1) is 16.0. The number of aliphatic hydroxyl groups is 1. The smallest absolute Gasteiger partial charge is 0.164 e. The van der Waals surface area contributed by atoms with Crippen molar-refractivity contribution in [1.82, 2.24) is 4.90 Å². The van der Waals surface area contributed by atoms with E-state index < -0.39 is 17.7 Å². The van der Waals surface area contributed by atoms with Crippen LogP contribution in [0.4, 0.5) is 8.78 Å². The van der Waals surface area contributed by atoms with E-state index in [9.17, 15) is 13.9 Å². The minimum absolute atomic E-state index is 0.0110. The van der Waals surface area contributed by atoms with Crippen LogP contribution < -0.4 is 0 Å². The second kappa shape index (κ2) is 7.53. The summed E-state index contributed by atoms with van der Waals surface area (Å²) in [4.78, 5) is 1.96. The second-order valence-corrected chi connectivity index (χ2v) is 4.55. The molecule has 1 rings (SSSR count). The van der Waals surface area contributed by atoms with Crippen LogP contribution in [0.15, 0.2) is 18.2 Å². The van der Waals surface area contributed by atoms with Crippen LogP contribution in [0, 0.1) is 11.6 Å². The van der Waals surface area contributed by atoms with Crippen molar-refractivity contribution in [2.45, 2.75) is 26.0 Å². The fourth-order valence-electron chi connectivity index (χ4n) is 2.07. The van der Waals surface area contributed by atoms with E-state index in [2.05, 4.69) is 0 Å². The van der Waals surface area contributed by atoms with E-state index in [1.54, 1.807) is 7.11 Å². The van der Waals surface area contributed by atoms with Crippen molar-refractivity contribution in [3.8, 4) is 0 Å². The predicted molar refractivity (Wildman–Crippen MR) is 69.9 cm³/mol. The number of aliphatic hydroxyl groups excluding tert-OH is 1. The Bertz CT molecular complexity index is 401. The molecule has 3 nitrogen and oxygen atoms in total. The third kappa shape index (κ3) is 4.23. The molecule has 2 unspecified atom stereocenters. The molecule has 0 aliphatic heterocycles. The van der Waals surface area contributed by atoms with Crippen molar-refractivity contribution in [3.05, 3.63) is 35.4 Å². The zero-order chi connectivity index (χ0) is 14.4. The van der Waals surface area contributed by atoms with Crippen LogP contribution >= 0.6 is 0 Å². The predicted octanol–water partition coefficient (Wildman–Crippen LogP) is 2.36. The highest BCUT2D eigenvalue weighted by atomic mass is 19.2. The third-order valence-corrected chi connectivity index (χ3v) is 3.19. The minimum atomic E-state index is -1.06. The highest BCUT2D eigenvalue weighted by Gasteiger charge is 2.20. The largest absolute Gasteiger partial charge is 0.387 e. The van der Waals surface area contributed by atoms with Gasteiger partial charge in [-0.1, -0.05) is 19.1 Å². The Labute approximate surface area is 112 Å². The van der Waals surface area contributed by atoms with E-state index in [1.807, 2.05) is 18.7 Å². The van der Waals surface area contributed by atoms with Crippen molar-refractivity contribution in [1.29, 1.82) is 0 Å². The number of halogens is 2. The van der Waals surface area contributed by atoms with Crippen LogP contribution in [-0.2, 0) is 4.74 Å². The summed E-state index contributed by atoms with van der Waals surface area (Å²) in [5, 5.41) is 10.1. The van der Waals surface area contributed by atoms with Crippen molar-refractivity contribution >= 4 is 0 Å². The van der Waals surface area contributed by atoms with Gasteiger partial charge in [0.25, 0.3) is 0 Å². The molecule has 0 aliphatic carbocycles. The summed E-state index contributed by atoms with van der Waals surface area (Å²) in [6.07, 6.45) is -1.06. The summed E-state index contributed by atoms with van der Waals surface area (Å²) in [6.45, 7) is 5.36. The van der Waals surface area contributed by atoms with Gasteiger partial charge in [0.2, 0.25) is 0 Å². The zero-order valence-corrected chi connectivity index (χ0v) is 11.6. The molecule has 0 heterocycles. The monoisotopic (exact) mass is 273 g/mol. The first-order valence-electron chi connectivity index (χ1n) is 6.36. The molecule has 0 fully saturated rings. The third-order valence-electron chi connectivity index (χ3n) is 3.19. The van der Waals surface area contributed by atoms with E-state index in [4.69, 9.17) is 4.74 Å². The lowest BCUT2D eigenvalue weighted by atomic mass is 10.1. The Morgan fingerprint density at radius 1 is 1.37 bits per heavy atom. The van der Waals surface area contributed by atoms with Crippen molar-refractivity contribution in [2.75, 3.05) is 26.8 Å². The number of likely N-dealkylation sites (N-methyl/N-ethyl adjacent to an activating group) is 1. The van der Waals surface area contributed by atoms with Gasteiger partial charge in [0.05, 0.1) is 12.7 Å². The van der Waals surface area contributed by atoms with Gasteiger partial charge in [0, 0.05) is 25.3 Å². The molecule has 0 bridgehead atoms. The average Bonchev–Trinajstić information content (AvgIpc) is 2.39. The minimum Gasteiger partial charge on any atom is -0.387 e. The summed E-state index contributed by atoms with van der Waals surface area (Å²) in [7, 11) is 1.60. The van der Waals surface area contributed by atoms with E-state index >= 15 is 0 Å². The van der Waals surface area contributed by atoms with Gasteiger partial charge in [-0.15, -0.1) is 0 Å². The molecule has 0 aliphatic rings. The SMILES string of the molecule is CCN(CC(O)c1cccc(F)c1F)C(C)COC. The summed E-state index contributed by atoms with van der Waals surface area (Å²) >= 11 is 0. The molecule has 19 heavy (non-hydrogen) atoms. The Morgan fingerprint density at radius 3 is 2.63 bits per heavy atom. The fourth-order valence-corrected chi connectivity index (χ4v) is 2.07. The van der Waals surface area contributed by atoms with Gasteiger partial charge in [-0.25, -0.2) is 8.78 Å². The fraction of sp³-hybridized carbons (Fsp3) is 0.571. The van der Waals surface area contributed by atoms with Gasteiger partial charge < -0.3 is 9.84 Å². The van der Waals surface area contributed by atoms with Crippen LogP contribution in [0.1, 0.15) is 25.5 Å². The number of nitrogens with zero attached hydrogens (tertiary/aromatic N) is 1. The Morgan fingerprint density at radius 2 is 2.05 bits per heavy atom. The maximum atomic E-state index is 13.6. The number of ether oxygens (including phenoxy) is 1. The summed E-state index contributed by atoms with van der Waals surface area (Å²) in [5.41, 5.74) is -0.0110.